The van der Waals surface area contributed by atoms with Crippen LogP contribution in [0.4, 0.5) is 14.9 Å². The van der Waals surface area contributed by atoms with Crippen LogP contribution in [0.15, 0.2) is 36.4 Å². The normalized spacial score (nSPS) is 17.5. The van der Waals surface area contributed by atoms with E-state index in [1.165, 1.54) is 11.0 Å². The van der Waals surface area contributed by atoms with Gasteiger partial charge in [-0.3, -0.25) is 4.90 Å². The van der Waals surface area contributed by atoms with Gasteiger partial charge in [0.25, 0.3) is 0 Å². The third-order valence-electron chi connectivity index (χ3n) is 4.04. The van der Waals surface area contributed by atoms with E-state index >= 15 is 0 Å². The van der Waals surface area contributed by atoms with Gasteiger partial charge in [-0.2, -0.15) is 15.4 Å². The van der Waals surface area contributed by atoms with Gasteiger partial charge in [0.1, 0.15) is 23.0 Å². The Morgan fingerprint density at radius 3 is 2.92 bits per heavy atom. The van der Waals surface area contributed by atoms with Gasteiger partial charge in [-0.1, -0.05) is 18.2 Å². The summed E-state index contributed by atoms with van der Waals surface area (Å²) in [6, 6.07) is 9.87. The maximum Gasteiger partial charge on any atom is 0.414 e. The molecule has 2 heterocycles. The number of ether oxygens (including phenoxy) is 1. The zero-order valence-corrected chi connectivity index (χ0v) is 12.6. The molecule has 3 aromatic rings. The van der Waals surface area contributed by atoms with Crippen molar-refractivity contribution in [2.24, 2.45) is 5.73 Å². The first-order valence-electron chi connectivity index (χ1n) is 7.45. The number of nitrogens with zero attached hydrogens (tertiary/aromatic N) is 3. The zero-order chi connectivity index (χ0) is 16.7. The average Bonchev–Trinajstić information content (AvgIpc) is 3.20. The molecule has 0 bridgehead atoms. The molecule has 7 nitrogen and oxygen atoms in total. The molecule has 1 fully saturated rings. The SMILES string of the molecule is NC[C@H]1CN(c2cccc(F)c2-c2cccc3n[nH]nc23)C(=O)O1. The Morgan fingerprint density at radius 1 is 1.29 bits per heavy atom. The van der Waals surface area contributed by atoms with E-state index in [-0.39, 0.29) is 18.7 Å². The van der Waals surface area contributed by atoms with Crippen molar-refractivity contribution in [3.8, 4) is 11.1 Å². The number of nitrogens with two attached hydrogens (primary N) is 1. The number of aromatic amines is 1. The summed E-state index contributed by atoms with van der Waals surface area (Å²) in [5.74, 6) is -0.452. The van der Waals surface area contributed by atoms with E-state index in [1.807, 2.05) is 0 Å². The highest BCUT2D eigenvalue weighted by atomic mass is 19.1. The number of halogens is 1. The van der Waals surface area contributed by atoms with Crippen LogP contribution in [0, 0.1) is 5.82 Å². The molecule has 4 rings (SSSR count). The number of H-pyrrole nitrogens is 1. The number of hydrogen-bond acceptors (Lipinski definition) is 5. The highest BCUT2D eigenvalue weighted by Crippen LogP contribution is 2.37. The van der Waals surface area contributed by atoms with Crippen molar-refractivity contribution >= 4 is 22.8 Å². The summed E-state index contributed by atoms with van der Waals surface area (Å²) < 4.78 is 19.9. The lowest BCUT2D eigenvalue weighted by molar-refractivity contribution is 0.145. The summed E-state index contributed by atoms with van der Waals surface area (Å²) in [6.07, 6.45) is -0.943. The van der Waals surface area contributed by atoms with Crippen LogP contribution in [-0.4, -0.2) is 40.7 Å². The fourth-order valence-electron chi connectivity index (χ4n) is 2.91. The molecule has 1 amide bonds. The van der Waals surface area contributed by atoms with Gasteiger partial charge in [0.05, 0.1) is 12.2 Å². The molecule has 0 aliphatic carbocycles. The lowest BCUT2D eigenvalue weighted by Gasteiger charge is -2.18. The highest BCUT2D eigenvalue weighted by molar-refractivity contribution is 6.00. The van der Waals surface area contributed by atoms with Crippen molar-refractivity contribution in [3.05, 3.63) is 42.2 Å². The second kappa shape index (κ2) is 5.57. The van der Waals surface area contributed by atoms with E-state index in [0.717, 1.165) is 0 Å². The molecule has 1 aliphatic heterocycles. The maximum atomic E-state index is 14.7. The molecule has 0 radical (unpaired) electrons. The lowest BCUT2D eigenvalue weighted by atomic mass is 10.0. The van der Waals surface area contributed by atoms with Crippen molar-refractivity contribution in [2.75, 3.05) is 18.0 Å². The topological polar surface area (TPSA) is 97.1 Å². The van der Waals surface area contributed by atoms with Crippen molar-refractivity contribution in [2.45, 2.75) is 6.10 Å². The van der Waals surface area contributed by atoms with Crippen LogP contribution < -0.4 is 10.6 Å². The van der Waals surface area contributed by atoms with Crippen LogP contribution in [0.1, 0.15) is 0 Å². The lowest BCUT2D eigenvalue weighted by Crippen LogP contribution is -2.28. The van der Waals surface area contributed by atoms with Gasteiger partial charge < -0.3 is 10.5 Å². The molecule has 3 N–H and O–H groups in total. The second-order valence-corrected chi connectivity index (χ2v) is 5.48. The Labute approximate surface area is 136 Å². The standard InChI is InChI=1S/C16H14FN5O2/c17-11-4-2-6-13(22-8-9(7-18)24-16(22)23)14(11)10-3-1-5-12-15(10)20-21-19-12/h1-6,9H,7-8,18H2,(H,19,20,21)/t9-/m0/s1. The first-order chi connectivity index (χ1) is 11.7. The number of para-hydroxylation sites is 1. The molecule has 1 saturated heterocycles. The predicted octanol–water partition coefficient (Wildman–Crippen LogP) is 2.05. The molecule has 1 aliphatic rings. The number of carbonyl (C=O) groups is 1. The van der Waals surface area contributed by atoms with E-state index in [9.17, 15) is 9.18 Å². The van der Waals surface area contributed by atoms with Gasteiger partial charge in [-0.15, -0.1) is 0 Å². The van der Waals surface area contributed by atoms with Crippen LogP contribution in [0.2, 0.25) is 0 Å². The number of anilines is 1. The summed E-state index contributed by atoms with van der Waals surface area (Å²) in [5.41, 5.74) is 7.99. The van der Waals surface area contributed by atoms with Gasteiger partial charge in [-0.05, 0) is 18.2 Å². The number of cyclic esters (lactones) is 1. The van der Waals surface area contributed by atoms with Crippen molar-refractivity contribution < 1.29 is 13.9 Å². The Morgan fingerprint density at radius 2 is 2.12 bits per heavy atom. The largest absolute Gasteiger partial charge is 0.443 e. The number of carbonyl (C=O) groups excluding carboxylic acids is 1. The average molecular weight is 327 g/mol. The molecule has 2 aromatic carbocycles. The van der Waals surface area contributed by atoms with Crippen molar-refractivity contribution in [1.82, 2.24) is 15.4 Å². The molecular weight excluding hydrogens is 313 g/mol. The molecule has 1 aromatic heterocycles. The molecule has 8 heteroatoms. The van der Waals surface area contributed by atoms with Crippen LogP contribution in [-0.2, 0) is 4.74 Å². The number of nitrogens with one attached hydrogen (secondary N) is 1. The highest BCUT2D eigenvalue weighted by Gasteiger charge is 2.33. The fourth-order valence-corrected chi connectivity index (χ4v) is 2.91. The molecule has 0 spiro atoms. The minimum absolute atomic E-state index is 0.214. The Bertz CT molecular complexity index is 926. The van der Waals surface area contributed by atoms with Crippen LogP contribution in [0.5, 0.6) is 0 Å². The fraction of sp³-hybridized carbons (Fsp3) is 0.188. The number of amides is 1. The predicted molar refractivity (Wildman–Crippen MR) is 86.0 cm³/mol. The number of fused-ring (bicyclic) bond motifs is 1. The van der Waals surface area contributed by atoms with E-state index < -0.39 is 18.0 Å². The third-order valence-corrected chi connectivity index (χ3v) is 4.04. The van der Waals surface area contributed by atoms with E-state index in [0.29, 0.717) is 22.3 Å². The number of benzene rings is 2. The van der Waals surface area contributed by atoms with E-state index in [4.69, 9.17) is 10.5 Å². The molecule has 24 heavy (non-hydrogen) atoms. The van der Waals surface area contributed by atoms with Crippen molar-refractivity contribution in [3.63, 3.8) is 0 Å². The van der Waals surface area contributed by atoms with Crippen molar-refractivity contribution in [1.29, 1.82) is 0 Å². The van der Waals surface area contributed by atoms with Gasteiger partial charge in [0.2, 0.25) is 0 Å². The van der Waals surface area contributed by atoms with Gasteiger partial charge in [0.15, 0.2) is 0 Å². The zero-order valence-electron chi connectivity index (χ0n) is 12.6. The summed E-state index contributed by atoms with van der Waals surface area (Å²) in [4.78, 5) is 13.5. The van der Waals surface area contributed by atoms with E-state index in [1.54, 1.807) is 30.3 Å². The summed E-state index contributed by atoms with van der Waals surface area (Å²) in [6.45, 7) is 0.492. The first-order valence-corrected chi connectivity index (χ1v) is 7.45. The van der Waals surface area contributed by atoms with E-state index in [2.05, 4.69) is 15.4 Å². The number of rotatable bonds is 3. The summed E-state index contributed by atoms with van der Waals surface area (Å²) >= 11 is 0. The van der Waals surface area contributed by atoms with Crippen LogP contribution >= 0.6 is 0 Å². The molecule has 122 valence electrons. The minimum Gasteiger partial charge on any atom is -0.443 e. The summed E-state index contributed by atoms with van der Waals surface area (Å²) in [7, 11) is 0. The first kappa shape index (κ1) is 14.6. The van der Waals surface area contributed by atoms with Crippen LogP contribution in [0.3, 0.4) is 0 Å². The smallest absolute Gasteiger partial charge is 0.414 e. The Hall–Kier alpha value is -3.00. The maximum absolute atomic E-state index is 14.7. The molecular formula is C16H14FN5O2. The molecule has 1 atom stereocenters. The third kappa shape index (κ3) is 2.19. The number of hydrogen-bond donors (Lipinski definition) is 2. The van der Waals surface area contributed by atoms with Gasteiger partial charge in [0, 0.05) is 17.7 Å². The van der Waals surface area contributed by atoms with Gasteiger partial charge in [-0.25, -0.2) is 9.18 Å². The molecule has 0 saturated carbocycles. The molecule has 0 unspecified atom stereocenters. The second-order valence-electron chi connectivity index (χ2n) is 5.48. The minimum atomic E-state index is -0.537. The monoisotopic (exact) mass is 327 g/mol. The Balaban J connectivity index is 1.91. The number of aromatic nitrogens is 3. The Kier molecular flexibility index (Phi) is 3.39. The van der Waals surface area contributed by atoms with Crippen LogP contribution in [0.25, 0.3) is 22.2 Å². The quantitative estimate of drug-likeness (QED) is 0.767. The van der Waals surface area contributed by atoms with Gasteiger partial charge >= 0.3 is 6.09 Å². The summed E-state index contributed by atoms with van der Waals surface area (Å²) in [5, 5.41) is 10.7.